The highest BCUT2D eigenvalue weighted by molar-refractivity contribution is 7.11. The zero-order chi connectivity index (χ0) is 12.6. The van der Waals surface area contributed by atoms with Crippen LogP contribution in [0.3, 0.4) is 0 Å². The van der Waals surface area contributed by atoms with E-state index in [2.05, 4.69) is 12.4 Å². The van der Waals surface area contributed by atoms with Gasteiger partial charge in [-0.3, -0.25) is 0 Å². The van der Waals surface area contributed by atoms with E-state index in [9.17, 15) is 0 Å². The Labute approximate surface area is 113 Å². The van der Waals surface area contributed by atoms with Gasteiger partial charge in [-0.15, -0.1) is 11.3 Å². The molecule has 0 spiro atoms. The first-order valence-corrected chi connectivity index (χ1v) is 7.78. The molecule has 1 atom stereocenters. The van der Waals surface area contributed by atoms with Crippen LogP contribution in [0.5, 0.6) is 0 Å². The minimum atomic E-state index is -0.0310. The summed E-state index contributed by atoms with van der Waals surface area (Å²) in [6.07, 6.45) is 7.63. The maximum atomic E-state index is 5.49. The summed E-state index contributed by atoms with van der Waals surface area (Å²) in [6, 6.07) is 0. The number of hydrogen-bond donors (Lipinski definition) is 1. The van der Waals surface area contributed by atoms with Crippen molar-refractivity contribution in [2.75, 3.05) is 20.8 Å². The van der Waals surface area contributed by atoms with E-state index in [0.29, 0.717) is 5.92 Å². The molecule has 1 saturated carbocycles. The molecule has 3 nitrogen and oxygen atoms in total. The molecule has 0 amide bonds. The van der Waals surface area contributed by atoms with Gasteiger partial charge in [-0.05, 0) is 51.5 Å². The van der Waals surface area contributed by atoms with Crippen LogP contribution in [0.2, 0.25) is 0 Å². The molecular formula is C14H22N2OS. The lowest BCUT2D eigenvalue weighted by molar-refractivity contribution is 0.0980. The highest BCUT2D eigenvalue weighted by Gasteiger charge is 2.48. The number of aryl methyl sites for hydroxylation is 2. The summed E-state index contributed by atoms with van der Waals surface area (Å²) in [6.45, 7) is 0.737. The molecule has 18 heavy (non-hydrogen) atoms. The van der Waals surface area contributed by atoms with E-state index < -0.39 is 0 Å². The van der Waals surface area contributed by atoms with Crippen LogP contribution < -0.4 is 5.32 Å². The third-order valence-corrected chi connectivity index (χ3v) is 5.65. The van der Waals surface area contributed by atoms with Crippen LogP contribution in [-0.2, 0) is 23.1 Å². The molecule has 0 bridgehead atoms. The SMILES string of the molecule is CNC(COC)(c1nc2c(s1)CCCC2)C1CC1. The van der Waals surface area contributed by atoms with Crippen LogP contribution in [0, 0.1) is 5.92 Å². The molecule has 1 N–H and O–H groups in total. The van der Waals surface area contributed by atoms with E-state index in [4.69, 9.17) is 9.72 Å². The van der Waals surface area contributed by atoms with Crippen LogP contribution in [-0.4, -0.2) is 25.7 Å². The van der Waals surface area contributed by atoms with Gasteiger partial charge in [0.2, 0.25) is 0 Å². The maximum Gasteiger partial charge on any atom is 0.116 e. The number of likely N-dealkylation sites (N-methyl/N-ethyl adjacent to an activating group) is 1. The number of nitrogens with zero attached hydrogens (tertiary/aromatic N) is 1. The summed E-state index contributed by atoms with van der Waals surface area (Å²) < 4.78 is 5.49. The molecule has 1 aromatic rings. The molecule has 1 aromatic heterocycles. The van der Waals surface area contributed by atoms with E-state index >= 15 is 0 Å². The Hall–Kier alpha value is -0.450. The van der Waals surface area contributed by atoms with Crippen molar-refractivity contribution >= 4 is 11.3 Å². The molecule has 3 rings (SSSR count). The van der Waals surface area contributed by atoms with Crippen molar-refractivity contribution in [3.05, 3.63) is 15.6 Å². The molecule has 1 heterocycles. The second-order valence-electron chi connectivity index (χ2n) is 5.52. The van der Waals surface area contributed by atoms with Gasteiger partial charge in [0, 0.05) is 12.0 Å². The van der Waals surface area contributed by atoms with Gasteiger partial charge in [-0.2, -0.15) is 0 Å². The molecule has 4 heteroatoms. The summed E-state index contributed by atoms with van der Waals surface area (Å²) in [5.74, 6) is 0.704. The van der Waals surface area contributed by atoms with Crippen LogP contribution >= 0.6 is 11.3 Å². The molecule has 2 aliphatic carbocycles. The lowest BCUT2D eigenvalue weighted by Gasteiger charge is -2.31. The van der Waals surface area contributed by atoms with E-state index in [1.165, 1.54) is 54.1 Å². The van der Waals surface area contributed by atoms with Crippen LogP contribution in [0.15, 0.2) is 0 Å². The average molecular weight is 266 g/mol. The smallest absolute Gasteiger partial charge is 0.116 e. The summed E-state index contributed by atoms with van der Waals surface area (Å²) in [5, 5.41) is 4.79. The molecule has 0 radical (unpaired) electrons. The number of hydrogen-bond acceptors (Lipinski definition) is 4. The Balaban J connectivity index is 1.96. The Bertz CT molecular complexity index is 404. The quantitative estimate of drug-likeness (QED) is 0.889. The van der Waals surface area contributed by atoms with Gasteiger partial charge in [-0.1, -0.05) is 0 Å². The second-order valence-corrected chi connectivity index (χ2v) is 6.61. The number of fused-ring (bicyclic) bond motifs is 1. The zero-order valence-corrected chi connectivity index (χ0v) is 12.1. The normalized spacial score (nSPS) is 22.6. The predicted molar refractivity (Wildman–Crippen MR) is 74.1 cm³/mol. The van der Waals surface area contributed by atoms with Crippen molar-refractivity contribution in [1.29, 1.82) is 0 Å². The van der Waals surface area contributed by atoms with E-state index in [1.54, 1.807) is 7.11 Å². The molecule has 0 aliphatic heterocycles. The first-order chi connectivity index (χ1) is 8.80. The second kappa shape index (κ2) is 4.91. The standard InChI is InChI=1S/C14H22N2OS/c1-15-14(9-17-2,10-7-8-10)13-16-11-5-3-4-6-12(11)18-13/h10,15H,3-9H2,1-2H3. The van der Waals surface area contributed by atoms with Gasteiger partial charge in [0.25, 0.3) is 0 Å². The highest BCUT2D eigenvalue weighted by atomic mass is 32.1. The van der Waals surface area contributed by atoms with E-state index in [-0.39, 0.29) is 5.54 Å². The van der Waals surface area contributed by atoms with Crippen molar-refractivity contribution in [2.45, 2.75) is 44.1 Å². The Kier molecular flexibility index (Phi) is 3.43. The fourth-order valence-electron chi connectivity index (χ4n) is 3.08. The van der Waals surface area contributed by atoms with E-state index in [0.717, 1.165) is 6.61 Å². The number of thiazole rings is 1. The molecule has 0 aromatic carbocycles. The molecule has 1 unspecified atom stereocenters. The van der Waals surface area contributed by atoms with Crippen LogP contribution in [0.1, 0.15) is 41.3 Å². The van der Waals surface area contributed by atoms with Gasteiger partial charge in [0.1, 0.15) is 5.01 Å². The minimum absolute atomic E-state index is 0.0310. The predicted octanol–water partition coefficient (Wildman–Crippen LogP) is 2.49. The largest absolute Gasteiger partial charge is 0.382 e. The van der Waals surface area contributed by atoms with Crippen molar-refractivity contribution in [2.24, 2.45) is 5.92 Å². The van der Waals surface area contributed by atoms with Gasteiger partial charge >= 0.3 is 0 Å². The van der Waals surface area contributed by atoms with Crippen molar-refractivity contribution < 1.29 is 4.74 Å². The number of nitrogens with one attached hydrogen (secondary N) is 1. The topological polar surface area (TPSA) is 34.1 Å². The summed E-state index contributed by atoms with van der Waals surface area (Å²) >= 11 is 1.92. The minimum Gasteiger partial charge on any atom is -0.382 e. The zero-order valence-electron chi connectivity index (χ0n) is 11.3. The monoisotopic (exact) mass is 266 g/mol. The molecule has 100 valence electrons. The summed E-state index contributed by atoms with van der Waals surface area (Å²) in [5.41, 5.74) is 1.33. The van der Waals surface area contributed by atoms with Gasteiger partial charge < -0.3 is 10.1 Å². The molecule has 2 aliphatic rings. The Morgan fingerprint density at radius 1 is 1.39 bits per heavy atom. The number of aromatic nitrogens is 1. The first-order valence-electron chi connectivity index (χ1n) is 6.97. The summed E-state index contributed by atoms with van der Waals surface area (Å²) in [4.78, 5) is 6.47. The highest BCUT2D eigenvalue weighted by Crippen LogP contribution is 2.47. The lowest BCUT2D eigenvalue weighted by atomic mass is 9.95. The van der Waals surface area contributed by atoms with Crippen LogP contribution in [0.4, 0.5) is 0 Å². The molecular weight excluding hydrogens is 244 g/mol. The van der Waals surface area contributed by atoms with Crippen molar-refractivity contribution in [3.63, 3.8) is 0 Å². The van der Waals surface area contributed by atoms with Gasteiger partial charge in [0.15, 0.2) is 0 Å². The fourth-order valence-corrected chi connectivity index (χ4v) is 4.49. The Morgan fingerprint density at radius 3 is 2.78 bits per heavy atom. The molecule has 0 saturated heterocycles. The average Bonchev–Trinajstić information content (AvgIpc) is 3.15. The number of methoxy groups -OCH3 is 1. The maximum absolute atomic E-state index is 5.49. The number of rotatable bonds is 5. The van der Waals surface area contributed by atoms with Gasteiger partial charge in [0.05, 0.1) is 17.8 Å². The fraction of sp³-hybridized carbons (Fsp3) is 0.786. The third-order valence-electron chi connectivity index (χ3n) is 4.32. The third kappa shape index (κ3) is 2.00. The number of ether oxygens (including phenoxy) is 1. The van der Waals surface area contributed by atoms with Crippen molar-refractivity contribution in [3.8, 4) is 0 Å². The summed E-state index contributed by atoms with van der Waals surface area (Å²) in [7, 11) is 3.85. The molecule has 1 fully saturated rings. The first kappa shape index (κ1) is 12.6. The van der Waals surface area contributed by atoms with Crippen LogP contribution in [0.25, 0.3) is 0 Å². The van der Waals surface area contributed by atoms with E-state index in [1.807, 2.05) is 11.3 Å². The lowest BCUT2D eigenvalue weighted by Crippen LogP contribution is -2.46. The van der Waals surface area contributed by atoms with Crippen molar-refractivity contribution in [1.82, 2.24) is 10.3 Å². The van der Waals surface area contributed by atoms with Gasteiger partial charge in [-0.25, -0.2) is 4.98 Å². The Morgan fingerprint density at radius 2 is 2.17 bits per heavy atom.